The van der Waals surface area contributed by atoms with Crippen molar-refractivity contribution in [1.82, 2.24) is 9.80 Å². The molecule has 0 aromatic heterocycles. The van der Waals surface area contributed by atoms with Crippen molar-refractivity contribution in [2.24, 2.45) is 0 Å². The van der Waals surface area contributed by atoms with Crippen LogP contribution in [0, 0.1) is 0 Å². The fraction of sp³-hybridized carbons (Fsp3) is 1.00. The monoisotopic (exact) mass is 230 g/mol. The third-order valence-electron chi connectivity index (χ3n) is 3.26. The molecular weight excluding hydrogens is 196 g/mol. The van der Waals surface area contributed by atoms with Crippen molar-refractivity contribution in [3.8, 4) is 0 Å². The van der Waals surface area contributed by atoms with Gasteiger partial charge in [0.05, 0.1) is 0 Å². The summed E-state index contributed by atoms with van der Waals surface area (Å²) < 4.78 is 0. The molecule has 0 aliphatic carbocycles. The lowest BCUT2D eigenvalue weighted by molar-refractivity contribution is 0.222. The van der Waals surface area contributed by atoms with E-state index in [-0.39, 0.29) is 0 Å². The molecule has 2 heteroatoms. The lowest BCUT2D eigenvalue weighted by atomic mass is 10.2. The van der Waals surface area contributed by atoms with Crippen LogP contribution < -0.4 is 0 Å². The van der Waals surface area contributed by atoms with Crippen molar-refractivity contribution in [3.63, 3.8) is 0 Å². The summed E-state index contributed by atoms with van der Waals surface area (Å²) in [4.78, 5) is 4.67. The zero-order valence-corrected chi connectivity index (χ0v) is 13.2. The van der Waals surface area contributed by atoms with Crippen molar-refractivity contribution in [2.75, 3.05) is 14.1 Å². The zero-order valence-electron chi connectivity index (χ0n) is 13.2. The Kier molecular flexibility index (Phi) is 10.3. The van der Waals surface area contributed by atoms with Gasteiger partial charge in [-0.1, -0.05) is 0 Å². The minimum absolute atomic E-state index is 0.676. The Balaban J connectivity index is 0. The van der Waals surface area contributed by atoms with E-state index in [1.54, 1.807) is 0 Å². The number of rotatable bonds is 4. The van der Waals surface area contributed by atoms with Crippen LogP contribution in [-0.2, 0) is 0 Å². The third kappa shape index (κ3) is 9.17. The SMILES string of the molecule is CC(C)N(C)C(C)C.CC(C)N(C)C(C)C. The highest BCUT2D eigenvalue weighted by atomic mass is 15.1. The number of hydrogen-bond acceptors (Lipinski definition) is 2. The van der Waals surface area contributed by atoms with E-state index in [0.717, 1.165) is 0 Å². The summed E-state index contributed by atoms with van der Waals surface area (Å²) in [5.41, 5.74) is 0. The predicted octanol–water partition coefficient (Wildman–Crippen LogP) is 3.47. The summed E-state index contributed by atoms with van der Waals surface area (Å²) in [6.45, 7) is 17.7. The van der Waals surface area contributed by atoms with Gasteiger partial charge >= 0.3 is 0 Å². The first-order valence-corrected chi connectivity index (χ1v) is 6.55. The second-order valence-corrected chi connectivity index (χ2v) is 5.71. The zero-order chi connectivity index (χ0) is 13.5. The van der Waals surface area contributed by atoms with Gasteiger partial charge in [0.15, 0.2) is 0 Å². The molecule has 0 saturated carbocycles. The topological polar surface area (TPSA) is 6.48 Å². The van der Waals surface area contributed by atoms with Crippen molar-refractivity contribution in [1.29, 1.82) is 0 Å². The summed E-state index contributed by atoms with van der Waals surface area (Å²) in [7, 11) is 4.30. The molecule has 0 aliphatic rings. The average Bonchev–Trinajstić information content (AvgIpc) is 2.15. The summed E-state index contributed by atoms with van der Waals surface area (Å²) in [6, 6.07) is 2.70. The van der Waals surface area contributed by atoms with Crippen molar-refractivity contribution in [3.05, 3.63) is 0 Å². The Morgan fingerprint density at radius 2 is 0.562 bits per heavy atom. The minimum Gasteiger partial charge on any atom is -0.302 e. The van der Waals surface area contributed by atoms with Gasteiger partial charge in [-0.3, -0.25) is 0 Å². The lowest BCUT2D eigenvalue weighted by Gasteiger charge is -2.24. The van der Waals surface area contributed by atoms with E-state index in [1.807, 2.05) is 0 Å². The minimum atomic E-state index is 0.676. The first-order chi connectivity index (χ1) is 7.11. The Hall–Kier alpha value is -0.0800. The van der Waals surface area contributed by atoms with E-state index in [2.05, 4.69) is 79.3 Å². The van der Waals surface area contributed by atoms with Crippen molar-refractivity contribution in [2.45, 2.75) is 79.6 Å². The second kappa shape index (κ2) is 9.00. The van der Waals surface area contributed by atoms with Gasteiger partial charge in [0, 0.05) is 24.2 Å². The molecule has 0 spiro atoms. The molecule has 0 unspecified atom stereocenters. The third-order valence-corrected chi connectivity index (χ3v) is 3.26. The summed E-state index contributed by atoms with van der Waals surface area (Å²) in [6.07, 6.45) is 0. The van der Waals surface area contributed by atoms with Crippen LogP contribution in [0.25, 0.3) is 0 Å². The van der Waals surface area contributed by atoms with Crippen LogP contribution in [-0.4, -0.2) is 48.1 Å². The molecule has 0 saturated heterocycles. The molecule has 16 heavy (non-hydrogen) atoms. The molecule has 0 aromatic carbocycles. The maximum atomic E-state index is 2.33. The fourth-order valence-corrected chi connectivity index (χ4v) is 1.19. The molecule has 0 bridgehead atoms. The molecule has 0 radical (unpaired) electrons. The van der Waals surface area contributed by atoms with E-state index in [0.29, 0.717) is 24.2 Å². The second-order valence-electron chi connectivity index (χ2n) is 5.71. The molecule has 0 N–H and O–H groups in total. The van der Waals surface area contributed by atoms with Gasteiger partial charge in [0.1, 0.15) is 0 Å². The van der Waals surface area contributed by atoms with Gasteiger partial charge in [-0.25, -0.2) is 0 Å². The average molecular weight is 230 g/mol. The summed E-state index contributed by atoms with van der Waals surface area (Å²) in [5.74, 6) is 0. The maximum absolute atomic E-state index is 2.33. The smallest absolute Gasteiger partial charge is 0.00382 e. The first-order valence-electron chi connectivity index (χ1n) is 6.55. The predicted molar refractivity (Wildman–Crippen MR) is 76.1 cm³/mol. The van der Waals surface area contributed by atoms with Crippen LogP contribution in [0.5, 0.6) is 0 Å². The van der Waals surface area contributed by atoms with Crippen LogP contribution in [0.1, 0.15) is 55.4 Å². The van der Waals surface area contributed by atoms with Gasteiger partial charge in [0.2, 0.25) is 0 Å². The molecule has 0 aliphatic heterocycles. The fourth-order valence-electron chi connectivity index (χ4n) is 1.19. The largest absolute Gasteiger partial charge is 0.302 e. The van der Waals surface area contributed by atoms with Crippen LogP contribution in [0.4, 0.5) is 0 Å². The van der Waals surface area contributed by atoms with Crippen LogP contribution in [0.2, 0.25) is 0 Å². The molecular formula is C14H34N2. The molecule has 0 rings (SSSR count). The van der Waals surface area contributed by atoms with Gasteiger partial charge in [-0.05, 0) is 69.5 Å². The van der Waals surface area contributed by atoms with E-state index >= 15 is 0 Å². The highest BCUT2D eigenvalue weighted by molar-refractivity contribution is 4.60. The first kappa shape index (κ1) is 18.3. The molecule has 0 aromatic rings. The number of hydrogen-bond donors (Lipinski definition) is 0. The van der Waals surface area contributed by atoms with E-state index in [9.17, 15) is 0 Å². The molecule has 2 nitrogen and oxygen atoms in total. The van der Waals surface area contributed by atoms with Crippen LogP contribution >= 0.6 is 0 Å². The molecule has 0 atom stereocenters. The standard InChI is InChI=1S/2C7H17N/c2*1-6(2)8(5)7(3)4/h2*6-7H,1-5H3. The molecule has 0 heterocycles. The Labute approximate surface area is 104 Å². The number of nitrogens with zero attached hydrogens (tertiary/aromatic N) is 2. The Bertz CT molecular complexity index is 117. The van der Waals surface area contributed by atoms with E-state index in [1.165, 1.54) is 0 Å². The molecule has 0 amide bonds. The van der Waals surface area contributed by atoms with Crippen molar-refractivity contribution >= 4 is 0 Å². The summed E-state index contributed by atoms with van der Waals surface area (Å²) >= 11 is 0. The summed E-state index contributed by atoms with van der Waals surface area (Å²) in [5, 5.41) is 0. The van der Waals surface area contributed by atoms with Gasteiger partial charge in [-0.15, -0.1) is 0 Å². The highest BCUT2D eigenvalue weighted by Crippen LogP contribution is 1.99. The van der Waals surface area contributed by atoms with Crippen LogP contribution in [0.3, 0.4) is 0 Å². The van der Waals surface area contributed by atoms with E-state index < -0.39 is 0 Å². The quantitative estimate of drug-likeness (QED) is 0.729. The molecule has 100 valence electrons. The van der Waals surface area contributed by atoms with E-state index in [4.69, 9.17) is 0 Å². The van der Waals surface area contributed by atoms with Gasteiger partial charge < -0.3 is 9.80 Å². The van der Waals surface area contributed by atoms with Gasteiger partial charge in [-0.2, -0.15) is 0 Å². The normalized spacial score (nSPS) is 12.0. The lowest BCUT2D eigenvalue weighted by Crippen LogP contribution is -2.32. The van der Waals surface area contributed by atoms with Gasteiger partial charge in [0.25, 0.3) is 0 Å². The van der Waals surface area contributed by atoms with Crippen molar-refractivity contribution < 1.29 is 0 Å². The highest BCUT2D eigenvalue weighted by Gasteiger charge is 2.05. The van der Waals surface area contributed by atoms with Crippen LogP contribution in [0.15, 0.2) is 0 Å². The Morgan fingerprint density at radius 3 is 0.562 bits per heavy atom. The Morgan fingerprint density at radius 1 is 0.438 bits per heavy atom. The molecule has 0 fully saturated rings. The maximum Gasteiger partial charge on any atom is 0.00382 e.